The van der Waals surface area contributed by atoms with Crippen LogP contribution in [-0.2, 0) is 17.8 Å². The maximum atomic E-state index is 12.6. The second kappa shape index (κ2) is 7.30. The lowest BCUT2D eigenvalue weighted by Gasteiger charge is -2.20. The lowest BCUT2D eigenvalue weighted by Crippen LogP contribution is -2.33. The minimum absolute atomic E-state index is 0.0159. The molecule has 0 saturated heterocycles. The number of likely N-dealkylation sites (N-methyl/N-ethyl adjacent to an activating group) is 1. The molecule has 0 fully saturated rings. The van der Waals surface area contributed by atoms with Crippen LogP contribution in [0.25, 0.3) is 10.9 Å². The second-order valence-electron chi connectivity index (χ2n) is 6.10. The van der Waals surface area contributed by atoms with Crippen LogP contribution in [0.2, 0.25) is 0 Å². The molecule has 1 N–H and O–H groups in total. The summed E-state index contributed by atoms with van der Waals surface area (Å²) in [5.41, 5.74) is 2.61. The normalized spacial score (nSPS) is 10.8. The fraction of sp³-hybridized carbons (Fsp3) is 0.250. The van der Waals surface area contributed by atoms with Crippen LogP contribution in [0.3, 0.4) is 0 Å². The Morgan fingerprint density at radius 2 is 1.84 bits per heavy atom. The maximum Gasteiger partial charge on any atom is 0.258 e. The van der Waals surface area contributed by atoms with Gasteiger partial charge in [0.05, 0.1) is 23.9 Å². The van der Waals surface area contributed by atoms with E-state index in [9.17, 15) is 9.59 Å². The summed E-state index contributed by atoms with van der Waals surface area (Å²) in [5.74, 6) is 0.518. The number of fused-ring (bicyclic) bond motifs is 1. The predicted octanol–water partition coefficient (Wildman–Crippen LogP) is 2.82. The van der Waals surface area contributed by atoms with E-state index in [0.29, 0.717) is 36.2 Å². The van der Waals surface area contributed by atoms with Crippen molar-refractivity contribution in [2.45, 2.75) is 26.8 Å². The van der Waals surface area contributed by atoms with Crippen LogP contribution in [0.4, 0.5) is 0 Å². The van der Waals surface area contributed by atoms with Gasteiger partial charge in [0.15, 0.2) is 0 Å². The first-order valence-corrected chi connectivity index (χ1v) is 8.38. The molecule has 1 amide bonds. The van der Waals surface area contributed by atoms with Crippen molar-refractivity contribution in [3.63, 3.8) is 0 Å². The van der Waals surface area contributed by atoms with Gasteiger partial charge in [0.2, 0.25) is 5.91 Å². The van der Waals surface area contributed by atoms with E-state index >= 15 is 0 Å². The molecule has 3 aromatic rings. The van der Waals surface area contributed by atoms with Gasteiger partial charge in [-0.3, -0.25) is 9.59 Å². The Bertz CT molecular complexity index is 945. The molecule has 1 heterocycles. The first-order valence-electron chi connectivity index (χ1n) is 8.38. The number of para-hydroxylation sites is 1. The summed E-state index contributed by atoms with van der Waals surface area (Å²) in [6.07, 6.45) is 0.339. The van der Waals surface area contributed by atoms with Gasteiger partial charge in [-0.15, -0.1) is 0 Å². The minimum Gasteiger partial charge on any atom is -0.335 e. The number of aromatic nitrogens is 2. The Labute approximate surface area is 146 Å². The van der Waals surface area contributed by atoms with Crippen LogP contribution in [0.5, 0.6) is 0 Å². The van der Waals surface area contributed by atoms with Crippen LogP contribution in [0, 0.1) is 6.92 Å². The number of amides is 1. The highest BCUT2D eigenvalue weighted by Gasteiger charge is 2.15. The lowest BCUT2D eigenvalue weighted by atomic mass is 10.1. The zero-order chi connectivity index (χ0) is 17.8. The standard InChI is InChI=1S/C20H21N3O2/c1-3-23(19(24)12-15-10-8-14(2)9-11-15)13-18-21-17-7-5-4-6-16(17)20(25)22-18/h4-11H,3,12-13H2,1-2H3,(H,21,22,25). The monoisotopic (exact) mass is 335 g/mol. The Morgan fingerprint density at radius 1 is 1.12 bits per heavy atom. The van der Waals surface area contributed by atoms with Gasteiger partial charge >= 0.3 is 0 Å². The minimum atomic E-state index is -0.178. The number of rotatable bonds is 5. The topological polar surface area (TPSA) is 66.1 Å². The lowest BCUT2D eigenvalue weighted by molar-refractivity contribution is -0.131. The van der Waals surface area contributed by atoms with Crippen molar-refractivity contribution in [3.05, 3.63) is 75.8 Å². The van der Waals surface area contributed by atoms with Crippen LogP contribution < -0.4 is 5.56 Å². The number of carbonyl (C=O) groups excluding carboxylic acids is 1. The summed E-state index contributed by atoms with van der Waals surface area (Å²) in [7, 11) is 0. The molecule has 0 spiro atoms. The van der Waals surface area contributed by atoms with Gasteiger partial charge in [-0.1, -0.05) is 42.0 Å². The maximum absolute atomic E-state index is 12.6. The van der Waals surface area contributed by atoms with Crippen molar-refractivity contribution in [2.24, 2.45) is 0 Å². The van der Waals surface area contributed by atoms with Gasteiger partial charge in [-0.05, 0) is 31.5 Å². The van der Waals surface area contributed by atoms with Gasteiger partial charge in [0, 0.05) is 6.54 Å². The van der Waals surface area contributed by atoms with Crippen LogP contribution in [0.1, 0.15) is 23.9 Å². The third-order valence-electron chi connectivity index (χ3n) is 4.21. The molecule has 0 aliphatic carbocycles. The molecule has 3 rings (SSSR count). The van der Waals surface area contributed by atoms with Gasteiger partial charge in [0.1, 0.15) is 5.82 Å². The molecule has 128 valence electrons. The number of H-pyrrole nitrogens is 1. The summed E-state index contributed by atoms with van der Waals surface area (Å²) in [4.78, 5) is 33.7. The number of nitrogens with one attached hydrogen (secondary N) is 1. The van der Waals surface area contributed by atoms with Crippen molar-refractivity contribution >= 4 is 16.8 Å². The van der Waals surface area contributed by atoms with Crippen LogP contribution in [0.15, 0.2) is 53.3 Å². The summed E-state index contributed by atoms with van der Waals surface area (Å²) >= 11 is 0. The fourth-order valence-corrected chi connectivity index (χ4v) is 2.76. The molecule has 0 saturated carbocycles. The van der Waals surface area contributed by atoms with Gasteiger partial charge in [-0.2, -0.15) is 0 Å². The smallest absolute Gasteiger partial charge is 0.258 e. The van der Waals surface area contributed by atoms with Gasteiger partial charge < -0.3 is 9.88 Å². The van der Waals surface area contributed by atoms with E-state index in [1.807, 2.05) is 50.2 Å². The Hall–Kier alpha value is -2.95. The van der Waals surface area contributed by atoms with Gasteiger partial charge in [-0.25, -0.2) is 4.98 Å². The van der Waals surface area contributed by atoms with Crippen molar-refractivity contribution in [1.82, 2.24) is 14.9 Å². The largest absolute Gasteiger partial charge is 0.335 e. The Kier molecular flexibility index (Phi) is 4.93. The Morgan fingerprint density at radius 3 is 2.56 bits per heavy atom. The molecule has 0 unspecified atom stereocenters. The average Bonchev–Trinajstić information content (AvgIpc) is 2.61. The number of hydrogen-bond acceptors (Lipinski definition) is 3. The zero-order valence-electron chi connectivity index (χ0n) is 14.5. The van der Waals surface area contributed by atoms with Crippen LogP contribution >= 0.6 is 0 Å². The molecule has 5 heteroatoms. The summed E-state index contributed by atoms with van der Waals surface area (Å²) in [6, 6.07) is 15.1. The number of aryl methyl sites for hydroxylation is 1. The first-order chi connectivity index (χ1) is 12.1. The summed E-state index contributed by atoms with van der Waals surface area (Å²) < 4.78 is 0. The zero-order valence-corrected chi connectivity index (χ0v) is 14.5. The third kappa shape index (κ3) is 3.94. The van der Waals surface area contributed by atoms with Crippen molar-refractivity contribution in [2.75, 3.05) is 6.54 Å². The molecule has 0 atom stereocenters. The number of carbonyl (C=O) groups is 1. The molecule has 0 radical (unpaired) electrons. The first kappa shape index (κ1) is 16.9. The molecule has 1 aromatic heterocycles. The highest BCUT2D eigenvalue weighted by atomic mass is 16.2. The van der Waals surface area contributed by atoms with E-state index in [1.54, 1.807) is 17.0 Å². The average molecular weight is 335 g/mol. The highest BCUT2D eigenvalue weighted by molar-refractivity contribution is 5.79. The van der Waals surface area contributed by atoms with Gasteiger partial charge in [0.25, 0.3) is 5.56 Å². The molecule has 0 aliphatic rings. The molecular formula is C20H21N3O2. The van der Waals surface area contributed by atoms with Crippen LogP contribution in [-0.4, -0.2) is 27.3 Å². The summed E-state index contributed by atoms with van der Waals surface area (Å²) in [5, 5.41) is 0.556. The van der Waals surface area contributed by atoms with Crippen molar-refractivity contribution in [3.8, 4) is 0 Å². The number of aromatic amines is 1. The highest BCUT2D eigenvalue weighted by Crippen LogP contribution is 2.10. The number of nitrogens with zero attached hydrogens (tertiary/aromatic N) is 2. The van der Waals surface area contributed by atoms with E-state index in [4.69, 9.17) is 0 Å². The van der Waals surface area contributed by atoms with E-state index in [2.05, 4.69) is 9.97 Å². The van der Waals surface area contributed by atoms with E-state index < -0.39 is 0 Å². The Balaban J connectivity index is 1.78. The quantitative estimate of drug-likeness (QED) is 0.780. The molecular weight excluding hydrogens is 314 g/mol. The predicted molar refractivity (Wildman–Crippen MR) is 98.3 cm³/mol. The fourth-order valence-electron chi connectivity index (χ4n) is 2.76. The molecule has 0 bridgehead atoms. The molecule has 25 heavy (non-hydrogen) atoms. The van der Waals surface area contributed by atoms with Crippen molar-refractivity contribution in [1.29, 1.82) is 0 Å². The molecule has 0 aliphatic heterocycles. The number of hydrogen-bond donors (Lipinski definition) is 1. The molecule has 2 aromatic carbocycles. The van der Waals surface area contributed by atoms with E-state index in [1.165, 1.54) is 5.56 Å². The van der Waals surface area contributed by atoms with Crippen molar-refractivity contribution < 1.29 is 4.79 Å². The SMILES string of the molecule is CCN(Cc1nc2ccccc2c(=O)[nH]1)C(=O)Cc1ccc(C)cc1. The van der Waals surface area contributed by atoms with E-state index in [-0.39, 0.29) is 11.5 Å². The second-order valence-corrected chi connectivity index (χ2v) is 6.10. The number of benzene rings is 2. The van der Waals surface area contributed by atoms with E-state index in [0.717, 1.165) is 5.56 Å². The summed E-state index contributed by atoms with van der Waals surface area (Å²) in [6.45, 7) is 4.79. The molecule has 5 nitrogen and oxygen atoms in total. The third-order valence-corrected chi connectivity index (χ3v) is 4.21.